The summed E-state index contributed by atoms with van der Waals surface area (Å²) in [4.78, 5) is 8.67. The number of imidazole rings is 1. The van der Waals surface area contributed by atoms with Gasteiger partial charge in [-0.05, 0) is 56.6 Å². The highest BCUT2D eigenvalue weighted by Crippen LogP contribution is 2.29. The van der Waals surface area contributed by atoms with Gasteiger partial charge in [0.25, 0.3) is 0 Å². The molecule has 0 unspecified atom stereocenters. The number of hydrogen-bond donors (Lipinski definition) is 1. The third kappa shape index (κ3) is 2.94. The lowest BCUT2D eigenvalue weighted by molar-refractivity contribution is 0.451. The molecular formula is C20H19FN6. The van der Waals surface area contributed by atoms with E-state index in [0.29, 0.717) is 22.6 Å². The largest absolute Gasteiger partial charge is 0.317 e. The number of nitrogens with zero attached hydrogens (tertiary/aromatic N) is 5. The smallest absolute Gasteiger partial charge is 0.233 e. The molecule has 0 aliphatic carbocycles. The summed E-state index contributed by atoms with van der Waals surface area (Å²) in [6, 6.07) is 5.27. The van der Waals surface area contributed by atoms with Gasteiger partial charge >= 0.3 is 0 Å². The van der Waals surface area contributed by atoms with Crippen LogP contribution in [0.15, 0.2) is 36.8 Å². The Bertz CT molecular complexity index is 1150. The van der Waals surface area contributed by atoms with E-state index >= 15 is 0 Å². The van der Waals surface area contributed by atoms with Crippen LogP contribution in [0.2, 0.25) is 0 Å². The van der Waals surface area contributed by atoms with Crippen LogP contribution in [0.3, 0.4) is 0 Å². The van der Waals surface area contributed by atoms with Crippen LogP contribution in [0.4, 0.5) is 4.39 Å². The van der Waals surface area contributed by atoms with Gasteiger partial charge in [0.2, 0.25) is 5.78 Å². The van der Waals surface area contributed by atoms with E-state index in [-0.39, 0.29) is 5.82 Å². The van der Waals surface area contributed by atoms with E-state index in [4.69, 9.17) is 0 Å². The van der Waals surface area contributed by atoms with Crippen molar-refractivity contribution in [2.24, 2.45) is 0 Å². The van der Waals surface area contributed by atoms with Gasteiger partial charge in [-0.2, -0.15) is 10.2 Å². The Morgan fingerprint density at radius 3 is 2.78 bits per heavy atom. The highest BCUT2D eigenvalue weighted by Gasteiger charge is 2.18. The fourth-order valence-electron chi connectivity index (χ4n) is 3.75. The molecule has 27 heavy (non-hydrogen) atoms. The molecule has 1 fully saturated rings. The zero-order valence-corrected chi connectivity index (χ0v) is 15.0. The molecule has 4 aromatic rings. The molecule has 1 N–H and O–H groups in total. The second kappa shape index (κ2) is 6.35. The maximum absolute atomic E-state index is 14.9. The van der Waals surface area contributed by atoms with Crippen LogP contribution in [0, 0.1) is 12.7 Å². The van der Waals surface area contributed by atoms with E-state index in [9.17, 15) is 4.39 Å². The Morgan fingerprint density at radius 2 is 1.93 bits per heavy atom. The molecule has 1 saturated heterocycles. The van der Waals surface area contributed by atoms with E-state index < -0.39 is 0 Å². The monoisotopic (exact) mass is 362 g/mol. The van der Waals surface area contributed by atoms with Crippen molar-refractivity contribution < 1.29 is 4.39 Å². The summed E-state index contributed by atoms with van der Waals surface area (Å²) in [5.74, 6) is 0.691. The van der Waals surface area contributed by atoms with E-state index in [1.165, 1.54) is 0 Å². The van der Waals surface area contributed by atoms with Crippen LogP contribution in [-0.2, 0) is 0 Å². The Balaban J connectivity index is 1.57. The lowest BCUT2D eigenvalue weighted by Crippen LogP contribution is -2.27. The zero-order chi connectivity index (χ0) is 18.4. The fraction of sp³-hybridized carbons (Fsp3) is 0.300. The molecule has 1 aliphatic rings. The van der Waals surface area contributed by atoms with Crippen molar-refractivity contribution in [2.45, 2.75) is 25.7 Å². The van der Waals surface area contributed by atoms with E-state index in [2.05, 4.69) is 25.5 Å². The summed E-state index contributed by atoms with van der Waals surface area (Å²) in [6.07, 6.45) is 7.53. The standard InChI is InChI=1S/C20H19FN6/c1-12-10-27-11-15(9-23-20(27)24-12)14-6-17(21)16-8-18(25-26-19(16)7-14)13-2-4-22-5-3-13/h6-11,13,22H,2-5H2,1H3. The van der Waals surface area contributed by atoms with Gasteiger partial charge in [0.15, 0.2) is 0 Å². The molecule has 0 spiro atoms. The van der Waals surface area contributed by atoms with Crippen molar-refractivity contribution in [1.82, 2.24) is 29.9 Å². The van der Waals surface area contributed by atoms with Gasteiger partial charge in [-0.3, -0.25) is 4.40 Å². The molecule has 7 heteroatoms. The van der Waals surface area contributed by atoms with Crippen molar-refractivity contribution in [3.05, 3.63) is 54.0 Å². The molecule has 1 aromatic carbocycles. The molecule has 136 valence electrons. The minimum atomic E-state index is -0.283. The van der Waals surface area contributed by atoms with Crippen LogP contribution in [0.1, 0.15) is 30.1 Å². The van der Waals surface area contributed by atoms with Gasteiger partial charge in [-0.25, -0.2) is 14.4 Å². The number of rotatable bonds is 2. The molecule has 5 rings (SSSR count). The predicted octanol–water partition coefficient (Wildman–Crippen LogP) is 3.25. The molecule has 6 nitrogen and oxygen atoms in total. The number of piperidine rings is 1. The lowest BCUT2D eigenvalue weighted by atomic mass is 9.93. The number of aryl methyl sites for hydroxylation is 1. The average Bonchev–Trinajstić information content (AvgIpc) is 3.07. The molecule has 0 bridgehead atoms. The summed E-state index contributed by atoms with van der Waals surface area (Å²) in [6.45, 7) is 3.85. The molecule has 1 aliphatic heterocycles. The first kappa shape index (κ1) is 16.3. The number of aromatic nitrogens is 5. The van der Waals surface area contributed by atoms with Crippen LogP contribution in [-0.4, -0.2) is 37.7 Å². The first-order valence-electron chi connectivity index (χ1n) is 9.17. The second-order valence-corrected chi connectivity index (χ2v) is 7.12. The normalized spacial score (nSPS) is 15.6. The summed E-state index contributed by atoms with van der Waals surface area (Å²) in [5.41, 5.74) is 3.87. The minimum Gasteiger partial charge on any atom is -0.317 e. The number of fused-ring (bicyclic) bond motifs is 2. The molecule has 4 heterocycles. The summed E-state index contributed by atoms with van der Waals surface area (Å²) in [7, 11) is 0. The fourth-order valence-corrected chi connectivity index (χ4v) is 3.75. The molecule has 0 radical (unpaired) electrons. The van der Waals surface area contributed by atoms with Gasteiger partial charge in [-0.15, -0.1) is 0 Å². The van der Waals surface area contributed by atoms with E-state index in [1.807, 2.05) is 35.9 Å². The Morgan fingerprint density at radius 1 is 1.07 bits per heavy atom. The van der Waals surface area contributed by atoms with Crippen molar-refractivity contribution >= 4 is 16.7 Å². The quantitative estimate of drug-likeness (QED) is 0.593. The highest BCUT2D eigenvalue weighted by molar-refractivity contribution is 5.84. The Hall–Kier alpha value is -2.93. The number of halogens is 1. The van der Waals surface area contributed by atoms with Gasteiger partial charge in [0, 0.05) is 35.5 Å². The molecule has 3 aromatic heterocycles. The first-order chi connectivity index (χ1) is 13.2. The minimum absolute atomic E-state index is 0.283. The second-order valence-electron chi connectivity index (χ2n) is 7.12. The van der Waals surface area contributed by atoms with Crippen LogP contribution in [0.25, 0.3) is 27.8 Å². The molecular weight excluding hydrogens is 343 g/mol. The van der Waals surface area contributed by atoms with Crippen molar-refractivity contribution in [3.63, 3.8) is 0 Å². The van der Waals surface area contributed by atoms with Crippen molar-refractivity contribution in [3.8, 4) is 11.1 Å². The summed E-state index contributed by atoms with van der Waals surface area (Å²) in [5, 5.41) is 12.6. The van der Waals surface area contributed by atoms with Gasteiger partial charge in [0.1, 0.15) is 5.82 Å². The molecule has 0 atom stereocenters. The average molecular weight is 362 g/mol. The van der Waals surface area contributed by atoms with Gasteiger partial charge in [-0.1, -0.05) is 0 Å². The first-order valence-corrected chi connectivity index (χ1v) is 9.17. The number of benzene rings is 1. The zero-order valence-electron chi connectivity index (χ0n) is 15.0. The van der Waals surface area contributed by atoms with E-state index in [1.54, 1.807) is 12.3 Å². The highest BCUT2D eigenvalue weighted by atomic mass is 19.1. The van der Waals surface area contributed by atoms with Crippen molar-refractivity contribution in [1.29, 1.82) is 0 Å². The predicted molar refractivity (Wildman–Crippen MR) is 101 cm³/mol. The van der Waals surface area contributed by atoms with Gasteiger partial charge < -0.3 is 5.32 Å². The maximum Gasteiger partial charge on any atom is 0.233 e. The maximum atomic E-state index is 14.9. The Kier molecular flexibility index (Phi) is 3.82. The SMILES string of the molecule is Cc1cn2cc(-c3cc(F)c4cc(C5CCNCC5)nnc4c3)cnc2n1. The van der Waals surface area contributed by atoms with Gasteiger partial charge in [0.05, 0.1) is 16.9 Å². The van der Waals surface area contributed by atoms with Crippen molar-refractivity contribution in [2.75, 3.05) is 13.1 Å². The molecule has 0 amide bonds. The topological polar surface area (TPSA) is 68.0 Å². The third-order valence-electron chi connectivity index (χ3n) is 5.19. The molecule has 0 saturated carbocycles. The van der Waals surface area contributed by atoms with Crippen LogP contribution >= 0.6 is 0 Å². The lowest BCUT2D eigenvalue weighted by Gasteiger charge is -2.21. The van der Waals surface area contributed by atoms with Crippen LogP contribution < -0.4 is 5.32 Å². The summed E-state index contributed by atoms with van der Waals surface area (Å²) < 4.78 is 16.7. The Labute approximate surface area is 155 Å². The van der Waals surface area contributed by atoms with Crippen LogP contribution in [0.5, 0.6) is 0 Å². The summed E-state index contributed by atoms with van der Waals surface area (Å²) >= 11 is 0. The number of nitrogens with one attached hydrogen (secondary N) is 1. The number of hydrogen-bond acceptors (Lipinski definition) is 5. The van der Waals surface area contributed by atoms with E-state index in [0.717, 1.165) is 48.4 Å². The third-order valence-corrected chi connectivity index (χ3v) is 5.19.